The van der Waals surface area contributed by atoms with Crippen LogP contribution >= 0.6 is 22.6 Å². The molecule has 0 heterocycles. The van der Waals surface area contributed by atoms with Crippen molar-refractivity contribution < 1.29 is 0 Å². The predicted molar refractivity (Wildman–Crippen MR) is 51.0 cm³/mol. The van der Waals surface area contributed by atoms with Crippen LogP contribution in [0.1, 0.15) is 5.56 Å². The summed E-state index contributed by atoms with van der Waals surface area (Å²) in [5.74, 6) is 0. The first-order chi connectivity index (χ1) is 3.79. The molecule has 1 aromatic rings. The molecule has 0 amide bonds. The van der Waals surface area contributed by atoms with Crippen molar-refractivity contribution in [2.45, 2.75) is 6.92 Å². The first kappa shape index (κ1) is 10.6. The van der Waals surface area contributed by atoms with E-state index in [0.717, 1.165) is 0 Å². The number of aryl methyl sites for hydroxylation is 1. The zero-order valence-electron chi connectivity index (χ0n) is 4.69. The van der Waals surface area contributed by atoms with Gasteiger partial charge in [-0.2, -0.15) is 0 Å². The molecular weight excluding hydrogens is 250 g/mol. The second kappa shape index (κ2) is 5.26. The van der Waals surface area contributed by atoms with Gasteiger partial charge in [-0.3, -0.25) is 0 Å². The minimum absolute atomic E-state index is 0. The maximum atomic E-state index is 2.30. The molecule has 0 fully saturated rings. The third-order valence-corrected chi connectivity index (χ3v) is 1.73. The molecule has 0 atom stereocenters. The molecule has 0 nitrogen and oxygen atoms in total. The summed E-state index contributed by atoms with van der Waals surface area (Å²) >= 11 is 2.30. The molecule has 0 saturated heterocycles. The number of hydrogen-bond acceptors (Lipinski definition) is 0. The fraction of sp³-hybridized carbons (Fsp3) is 0.143. The van der Waals surface area contributed by atoms with Crippen LogP contribution in [0.4, 0.5) is 0 Å². The first-order valence-corrected chi connectivity index (χ1v) is 3.59. The van der Waals surface area contributed by atoms with Gasteiger partial charge in [-0.15, -0.1) is 0 Å². The minimum atomic E-state index is 0. The summed E-state index contributed by atoms with van der Waals surface area (Å²) in [6, 6.07) is 8.44. The van der Waals surface area contributed by atoms with E-state index < -0.39 is 0 Å². The molecular formula is C7H8IK. The average molecular weight is 258 g/mol. The van der Waals surface area contributed by atoms with E-state index in [1.54, 1.807) is 0 Å². The quantitative estimate of drug-likeness (QED) is 0.493. The number of hydrogen-bond donors (Lipinski definition) is 0. The van der Waals surface area contributed by atoms with Crippen LogP contribution in [0.15, 0.2) is 24.3 Å². The van der Waals surface area contributed by atoms with Crippen LogP contribution in [-0.2, 0) is 0 Å². The van der Waals surface area contributed by atoms with E-state index in [9.17, 15) is 0 Å². The summed E-state index contributed by atoms with van der Waals surface area (Å²) in [6.07, 6.45) is 0. The van der Waals surface area contributed by atoms with Gasteiger partial charge < -0.3 is 0 Å². The van der Waals surface area contributed by atoms with Gasteiger partial charge in [0.05, 0.1) is 0 Å². The van der Waals surface area contributed by atoms with E-state index in [4.69, 9.17) is 0 Å². The first-order valence-electron chi connectivity index (χ1n) is 2.51. The van der Waals surface area contributed by atoms with Crippen molar-refractivity contribution in [2.24, 2.45) is 0 Å². The standard InChI is InChI=1S/C7H7I.K.H/c1-6-2-4-7(8)5-3-6;;/h2-5H,1H3;;. The Morgan fingerprint density at radius 3 is 1.89 bits per heavy atom. The van der Waals surface area contributed by atoms with Gasteiger partial charge in [-0.1, -0.05) is 17.7 Å². The molecule has 9 heavy (non-hydrogen) atoms. The second-order valence-electron chi connectivity index (χ2n) is 1.80. The summed E-state index contributed by atoms with van der Waals surface area (Å²) in [6.45, 7) is 2.09. The van der Waals surface area contributed by atoms with E-state index in [-0.39, 0.29) is 51.4 Å². The van der Waals surface area contributed by atoms with Crippen LogP contribution in [-0.4, -0.2) is 51.4 Å². The third-order valence-electron chi connectivity index (χ3n) is 1.01. The number of halogens is 1. The van der Waals surface area contributed by atoms with Crippen LogP contribution in [0.2, 0.25) is 0 Å². The molecule has 0 saturated carbocycles. The second-order valence-corrected chi connectivity index (χ2v) is 3.04. The summed E-state index contributed by atoms with van der Waals surface area (Å²) in [7, 11) is 0. The number of rotatable bonds is 0. The normalized spacial score (nSPS) is 8.22. The Labute approximate surface area is 112 Å². The van der Waals surface area contributed by atoms with E-state index >= 15 is 0 Å². The van der Waals surface area contributed by atoms with Crippen LogP contribution in [0.3, 0.4) is 0 Å². The molecule has 0 radical (unpaired) electrons. The fourth-order valence-electron chi connectivity index (χ4n) is 0.533. The van der Waals surface area contributed by atoms with E-state index in [1.807, 2.05) is 0 Å². The van der Waals surface area contributed by atoms with Crippen molar-refractivity contribution in [3.8, 4) is 0 Å². The third kappa shape index (κ3) is 4.11. The van der Waals surface area contributed by atoms with Crippen molar-refractivity contribution in [1.82, 2.24) is 0 Å². The summed E-state index contributed by atoms with van der Waals surface area (Å²) in [4.78, 5) is 0. The molecule has 1 aromatic carbocycles. The number of benzene rings is 1. The van der Waals surface area contributed by atoms with Crippen LogP contribution in [0, 0.1) is 10.5 Å². The Balaban J connectivity index is 0.000000640. The van der Waals surface area contributed by atoms with E-state index in [1.165, 1.54) is 9.13 Å². The molecule has 1 rings (SSSR count). The zero-order valence-corrected chi connectivity index (χ0v) is 6.84. The van der Waals surface area contributed by atoms with Crippen LogP contribution < -0.4 is 0 Å². The Morgan fingerprint density at radius 2 is 1.56 bits per heavy atom. The Hall–Kier alpha value is 1.59. The van der Waals surface area contributed by atoms with Crippen molar-refractivity contribution in [3.63, 3.8) is 0 Å². The molecule has 0 aliphatic rings. The zero-order chi connectivity index (χ0) is 5.98. The Bertz CT molecular complexity index is 148. The van der Waals surface area contributed by atoms with E-state index in [2.05, 4.69) is 53.8 Å². The molecule has 2 heteroatoms. The summed E-state index contributed by atoms with van der Waals surface area (Å²) in [5.41, 5.74) is 1.32. The summed E-state index contributed by atoms with van der Waals surface area (Å²) < 4.78 is 1.30. The monoisotopic (exact) mass is 258 g/mol. The van der Waals surface area contributed by atoms with Crippen molar-refractivity contribution in [3.05, 3.63) is 33.4 Å². The van der Waals surface area contributed by atoms with E-state index in [0.29, 0.717) is 0 Å². The van der Waals surface area contributed by atoms with Crippen molar-refractivity contribution in [2.75, 3.05) is 0 Å². The van der Waals surface area contributed by atoms with Crippen LogP contribution in [0.5, 0.6) is 0 Å². The molecule has 0 aliphatic carbocycles. The molecule has 0 spiro atoms. The van der Waals surface area contributed by atoms with Gasteiger partial charge in [0.15, 0.2) is 0 Å². The Morgan fingerprint density at radius 1 is 1.11 bits per heavy atom. The van der Waals surface area contributed by atoms with Gasteiger partial charge >= 0.3 is 51.4 Å². The Kier molecular flexibility index (Phi) is 6.19. The van der Waals surface area contributed by atoms with Crippen LogP contribution in [0.25, 0.3) is 0 Å². The topological polar surface area (TPSA) is 0 Å². The SMILES string of the molecule is Cc1ccc(I)cc1.[KH]. The maximum absolute atomic E-state index is 2.30. The molecule has 0 N–H and O–H groups in total. The van der Waals surface area contributed by atoms with Gasteiger partial charge in [0.1, 0.15) is 0 Å². The van der Waals surface area contributed by atoms with Gasteiger partial charge in [0.2, 0.25) is 0 Å². The molecule has 0 aliphatic heterocycles. The average Bonchev–Trinajstić information content (AvgIpc) is 1.77. The fourth-order valence-corrected chi connectivity index (χ4v) is 0.893. The summed E-state index contributed by atoms with van der Waals surface area (Å²) in [5, 5.41) is 0. The van der Waals surface area contributed by atoms with Gasteiger partial charge in [-0.05, 0) is 41.6 Å². The van der Waals surface area contributed by atoms with Gasteiger partial charge in [0.25, 0.3) is 0 Å². The predicted octanol–water partition coefficient (Wildman–Crippen LogP) is 1.95. The van der Waals surface area contributed by atoms with Gasteiger partial charge in [-0.25, -0.2) is 0 Å². The molecule has 0 aromatic heterocycles. The van der Waals surface area contributed by atoms with Crippen molar-refractivity contribution >= 4 is 74.0 Å². The van der Waals surface area contributed by atoms with Gasteiger partial charge in [0, 0.05) is 3.57 Å². The molecule has 0 bridgehead atoms. The van der Waals surface area contributed by atoms with Crippen molar-refractivity contribution in [1.29, 1.82) is 0 Å². The molecule has 0 unspecified atom stereocenters. The molecule has 44 valence electrons.